The Labute approximate surface area is 152 Å². The summed E-state index contributed by atoms with van der Waals surface area (Å²) < 4.78 is 5.35. The molecule has 2 aliphatic heterocycles. The summed E-state index contributed by atoms with van der Waals surface area (Å²) in [6.45, 7) is 6.15. The molecule has 140 valence electrons. The summed E-state index contributed by atoms with van der Waals surface area (Å²) in [5.41, 5.74) is 0.238. The van der Waals surface area contributed by atoms with Gasteiger partial charge in [-0.25, -0.2) is 9.59 Å². The summed E-state index contributed by atoms with van der Waals surface area (Å²) in [5, 5.41) is 0.802. The van der Waals surface area contributed by atoms with E-state index in [1.807, 2.05) is 30.3 Å². The van der Waals surface area contributed by atoms with Gasteiger partial charge in [0.2, 0.25) is 0 Å². The minimum atomic E-state index is -0.737. The number of urea groups is 1. The zero-order chi connectivity index (χ0) is 18.9. The molecule has 0 spiro atoms. The first-order chi connectivity index (χ1) is 12.3. The molecule has 2 heterocycles. The summed E-state index contributed by atoms with van der Waals surface area (Å²) in [6.07, 6.45) is -0.485. The highest BCUT2D eigenvalue weighted by atomic mass is 16.7. The smallest absolute Gasteiger partial charge is 0.410 e. The van der Waals surface area contributed by atoms with Crippen LogP contribution in [0.5, 0.6) is 0 Å². The van der Waals surface area contributed by atoms with Crippen LogP contribution < -0.4 is 0 Å². The number of rotatable bonds is 3. The summed E-state index contributed by atoms with van der Waals surface area (Å²) in [7, 11) is 0. The highest BCUT2D eigenvalue weighted by Gasteiger charge is 2.49. The van der Waals surface area contributed by atoms with Gasteiger partial charge in [-0.3, -0.25) is 9.63 Å². The van der Waals surface area contributed by atoms with Crippen LogP contribution in [0.15, 0.2) is 30.3 Å². The summed E-state index contributed by atoms with van der Waals surface area (Å²) >= 11 is 0. The minimum absolute atomic E-state index is 0.102. The maximum Gasteiger partial charge on any atom is 0.410 e. The van der Waals surface area contributed by atoms with Crippen LogP contribution in [0.1, 0.15) is 26.3 Å². The van der Waals surface area contributed by atoms with E-state index in [0.717, 1.165) is 10.6 Å². The number of hydrogen-bond acceptors (Lipinski definition) is 5. The number of benzene rings is 1. The van der Waals surface area contributed by atoms with Gasteiger partial charge in [0.25, 0.3) is 5.91 Å². The molecule has 3 rings (SSSR count). The average molecular weight is 361 g/mol. The fourth-order valence-corrected chi connectivity index (χ4v) is 2.89. The molecule has 1 aromatic rings. The Bertz CT molecular complexity index is 701. The predicted molar refractivity (Wildman–Crippen MR) is 91.8 cm³/mol. The lowest BCUT2D eigenvalue weighted by atomic mass is 10.2. The lowest BCUT2D eigenvalue weighted by Crippen LogP contribution is -2.55. The topological polar surface area (TPSA) is 79.4 Å². The van der Waals surface area contributed by atoms with Gasteiger partial charge in [0.05, 0.1) is 6.54 Å². The second-order valence-corrected chi connectivity index (χ2v) is 7.31. The molecule has 4 amide bonds. The number of piperazine rings is 1. The van der Waals surface area contributed by atoms with Gasteiger partial charge < -0.3 is 14.5 Å². The first-order valence-corrected chi connectivity index (χ1v) is 8.55. The summed E-state index contributed by atoms with van der Waals surface area (Å²) in [4.78, 5) is 45.6. The van der Waals surface area contributed by atoms with E-state index in [9.17, 15) is 14.4 Å². The fraction of sp³-hybridized carbons (Fsp3) is 0.500. The van der Waals surface area contributed by atoms with Crippen molar-refractivity contribution in [2.45, 2.75) is 39.0 Å². The molecule has 26 heavy (non-hydrogen) atoms. The van der Waals surface area contributed by atoms with Crippen molar-refractivity contribution in [2.75, 3.05) is 19.6 Å². The lowest BCUT2D eigenvalue weighted by Gasteiger charge is -2.35. The number of fused-ring (bicyclic) bond motifs is 1. The molecular weight excluding hydrogens is 338 g/mol. The van der Waals surface area contributed by atoms with E-state index in [0.29, 0.717) is 6.54 Å². The zero-order valence-electron chi connectivity index (χ0n) is 15.2. The number of ether oxygens (including phenoxy) is 1. The highest BCUT2D eigenvalue weighted by Crippen LogP contribution is 2.24. The second-order valence-electron chi connectivity index (χ2n) is 7.31. The molecule has 0 aliphatic carbocycles. The van der Waals surface area contributed by atoms with E-state index in [1.54, 1.807) is 20.8 Å². The standard InChI is InChI=1S/C18H23N3O5/c1-18(2,3)26-17(24)19-9-10-20-14(11-19)15(22)21(16(20)23)25-12-13-7-5-4-6-8-13/h4-8,14H,9-12H2,1-3H3. The number of nitrogens with zero attached hydrogens (tertiary/aromatic N) is 3. The van der Waals surface area contributed by atoms with E-state index < -0.39 is 29.7 Å². The molecule has 8 heteroatoms. The first kappa shape index (κ1) is 18.2. The normalized spacial score (nSPS) is 20.4. The molecule has 2 saturated heterocycles. The molecule has 0 aromatic heterocycles. The Hall–Kier alpha value is -2.61. The van der Waals surface area contributed by atoms with Crippen molar-refractivity contribution in [1.82, 2.24) is 14.9 Å². The Kier molecular flexibility index (Phi) is 4.86. The molecule has 0 radical (unpaired) electrons. The van der Waals surface area contributed by atoms with E-state index in [1.165, 1.54) is 9.80 Å². The van der Waals surface area contributed by atoms with E-state index in [4.69, 9.17) is 9.57 Å². The Morgan fingerprint density at radius 3 is 2.50 bits per heavy atom. The van der Waals surface area contributed by atoms with Gasteiger partial charge in [-0.1, -0.05) is 30.3 Å². The van der Waals surface area contributed by atoms with Crippen molar-refractivity contribution >= 4 is 18.0 Å². The average Bonchev–Trinajstić information content (AvgIpc) is 2.83. The van der Waals surface area contributed by atoms with Gasteiger partial charge in [0, 0.05) is 13.1 Å². The molecule has 1 atom stereocenters. The van der Waals surface area contributed by atoms with Crippen molar-refractivity contribution in [1.29, 1.82) is 0 Å². The van der Waals surface area contributed by atoms with Crippen molar-refractivity contribution < 1.29 is 24.0 Å². The van der Waals surface area contributed by atoms with E-state index >= 15 is 0 Å². The van der Waals surface area contributed by atoms with Crippen molar-refractivity contribution in [2.24, 2.45) is 0 Å². The number of imide groups is 1. The molecule has 0 N–H and O–H groups in total. The first-order valence-electron chi connectivity index (χ1n) is 8.55. The molecule has 1 aromatic carbocycles. The van der Waals surface area contributed by atoms with Gasteiger partial charge in [-0.2, -0.15) is 0 Å². The lowest BCUT2D eigenvalue weighted by molar-refractivity contribution is -0.167. The Morgan fingerprint density at radius 2 is 1.85 bits per heavy atom. The van der Waals surface area contributed by atoms with Gasteiger partial charge in [0.15, 0.2) is 0 Å². The third-order valence-electron chi connectivity index (χ3n) is 4.14. The highest BCUT2D eigenvalue weighted by molar-refractivity contribution is 6.03. The second kappa shape index (κ2) is 6.95. The van der Waals surface area contributed by atoms with Gasteiger partial charge in [0.1, 0.15) is 18.2 Å². The van der Waals surface area contributed by atoms with Crippen LogP contribution in [-0.2, 0) is 21.0 Å². The van der Waals surface area contributed by atoms with Crippen LogP contribution in [0.3, 0.4) is 0 Å². The van der Waals surface area contributed by atoms with Crippen LogP contribution in [0.25, 0.3) is 0 Å². The van der Waals surface area contributed by atoms with Crippen LogP contribution in [0.2, 0.25) is 0 Å². The zero-order valence-corrected chi connectivity index (χ0v) is 15.2. The quantitative estimate of drug-likeness (QED) is 0.770. The third kappa shape index (κ3) is 3.80. The molecule has 0 saturated carbocycles. The molecule has 1 unspecified atom stereocenters. The Balaban J connectivity index is 1.63. The van der Waals surface area contributed by atoms with E-state index in [-0.39, 0.29) is 19.7 Å². The van der Waals surface area contributed by atoms with Crippen molar-refractivity contribution in [3.8, 4) is 0 Å². The monoisotopic (exact) mass is 361 g/mol. The number of carbonyl (C=O) groups excluding carboxylic acids is 3. The minimum Gasteiger partial charge on any atom is -0.444 e. The van der Waals surface area contributed by atoms with E-state index in [2.05, 4.69) is 0 Å². The summed E-state index contributed by atoms with van der Waals surface area (Å²) in [6, 6.07) is 8.06. The fourth-order valence-electron chi connectivity index (χ4n) is 2.89. The molecule has 8 nitrogen and oxygen atoms in total. The van der Waals surface area contributed by atoms with Gasteiger partial charge in [-0.05, 0) is 26.3 Å². The van der Waals surface area contributed by atoms with Crippen LogP contribution >= 0.6 is 0 Å². The maximum atomic E-state index is 12.6. The number of amides is 4. The molecule has 0 bridgehead atoms. The third-order valence-corrected chi connectivity index (χ3v) is 4.14. The van der Waals surface area contributed by atoms with Crippen molar-refractivity contribution in [3.05, 3.63) is 35.9 Å². The van der Waals surface area contributed by atoms with Crippen LogP contribution in [0, 0.1) is 0 Å². The van der Waals surface area contributed by atoms with Crippen molar-refractivity contribution in [3.63, 3.8) is 0 Å². The van der Waals surface area contributed by atoms with Crippen LogP contribution in [0.4, 0.5) is 9.59 Å². The number of carbonyl (C=O) groups is 3. The number of hydrogen-bond donors (Lipinski definition) is 0. The Morgan fingerprint density at radius 1 is 1.15 bits per heavy atom. The predicted octanol–water partition coefficient (Wildman–Crippen LogP) is 2.00. The van der Waals surface area contributed by atoms with Gasteiger partial charge >= 0.3 is 12.1 Å². The SMILES string of the molecule is CC(C)(C)OC(=O)N1CCN2C(=O)N(OCc3ccccc3)C(=O)C2C1. The summed E-state index contributed by atoms with van der Waals surface area (Å²) in [5.74, 6) is -0.459. The largest absolute Gasteiger partial charge is 0.444 e. The van der Waals surface area contributed by atoms with Crippen LogP contribution in [-0.4, -0.2) is 64.2 Å². The maximum absolute atomic E-state index is 12.6. The molecular formula is C18H23N3O5. The molecule has 2 aliphatic rings. The number of hydroxylamine groups is 2. The van der Waals surface area contributed by atoms with Gasteiger partial charge in [-0.15, -0.1) is 5.06 Å². The molecule has 2 fully saturated rings.